The smallest absolute Gasteiger partial charge is 0.303 e. The van der Waals surface area contributed by atoms with Gasteiger partial charge in [-0.2, -0.15) is 0 Å². The Morgan fingerprint density at radius 2 is 1.77 bits per heavy atom. The number of benzene rings is 1. The monoisotopic (exact) mass is 311 g/mol. The van der Waals surface area contributed by atoms with Crippen LogP contribution in [0.3, 0.4) is 0 Å². The molecule has 22 heavy (non-hydrogen) atoms. The highest BCUT2D eigenvalue weighted by atomic mass is 19.3. The molecule has 0 radical (unpaired) electrons. The van der Waals surface area contributed by atoms with Gasteiger partial charge in [-0.15, -0.1) is 0 Å². The third-order valence-electron chi connectivity index (χ3n) is 3.94. The van der Waals surface area contributed by atoms with Crippen molar-refractivity contribution in [2.45, 2.75) is 44.4 Å². The number of carboxylic acid groups (broad SMARTS) is 1. The van der Waals surface area contributed by atoms with Gasteiger partial charge in [-0.25, -0.2) is 8.78 Å². The number of hydrogen-bond donors (Lipinski definition) is 2. The second-order valence-electron chi connectivity index (χ2n) is 5.71. The summed E-state index contributed by atoms with van der Waals surface area (Å²) in [5.74, 6) is -4.09. The number of alkyl halides is 2. The molecule has 1 saturated carbocycles. The van der Waals surface area contributed by atoms with Crippen LogP contribution in [0.4, 0.5) is 14.5 Å². The Morgan fingerprint density at radius 1 is 1.18 bits per heavy atom. The molecule has 1 aliphatic rings. The predicted octanol–water partition coefficient (Wildman–Crippen LogP) is 3.47. The normalized spacial score (nSPS) is 17.9. The van der Waals surface area contributed by atoms with Crippen LogP contribution in [0.25, 0.3) is 0 Å². The Hall–Kier alpha value is -1.98. The summed E-state index contributed by atoms with van der Waals surface area (Å²) in [4.78, 5) is 22.5. The molecular formula is C16H19F2NO3. The second kappa shape index (κ2) is 6.85. The molecule has 0 spiro atoms. The maximum absolute atomic E-state index is 13.1. The summed E-state index contributed by atoms with van der Waals surface area (Å²) in [7, 11) is 0. The van der Waals surface area contributed by atoms with Crippen molar-refractivity contribution in [3.63, 3.8) is 0 Å². The number of carbonyl (C=O) groups is 2. The van der Waals surface area contributed by atoms with Gasteiger partial charge in [-0.3, -0.25) is 9.59 Å². The van der Waals surface area contributed by atoms with Gasteiger partial charge in [-0.05, 0) is 37.0 Å². The molecule has 1 fully saturated rings. The third kappa shape index (κ3) is 4.79. The molecule has 1 aromatic rings. The number of aryl methyl sites for hydroxylation is 1. The van der Waals surface area contributed by atoms with Gasteiger partial charge in [0.2, 0.25) is 11.8 Å². The van der Waals surface area contributed by atoms with Crippen molar-refractivity contribution in [3.8, 4) is 0 Å². The van der Waals surface area contributed by atoms with Crippen molar-refractivity contribution in [2.75, 3.05) is 5.32 Å². The van der Waals surface area contributed by atoms with Crippen molar-refractivity contribution < 1.29 is 23.5 Å². The molecule has 120 valence electrons. The molecule has 0 atom stereocenters. The van der Waals surface area contributed by atoms with E-state index in [0.717, 1.165) is 5.56 Å². The summed E-state index contributed by atoms with van der Waals surface area (Å²) in [5.41, 5.74) is 1.47. The van der Waals surface area contributed by atoms with E-state index < -0.39 is 11.9 Å². The number of nitrogens with one attached hydrogen (secondary N) is 1. The first kappa shape index (κ1) is 16.4. The summed E-state index contributed by atoms with van der Waals surface area (Å²) in [6, 6.07) is 6.92. The number of carboxylic acids is 1. The van der Waals surface area contributed by atoms with E-state index in [9.17, 15) is 18.4 Å². The van der Waals surface area contributed by atoms with Crippen LogP contribution in [0.5, 0.6) is 0 Å². The molecular weight excluding hydrogens is 292 g/mol. The number of aliphatic carboxylic acids is 1. The molecule has 0 aromatic heterocycles. The van der Waals surface area contributed by atoms with Gasteiger partial charge in [0.25, 0.3) is 0 Å². The predicted molar refractivity (Wildman–Crippen MR) is 77.9 cm³/mol. The van der Waals surface area contributed by atoms with Crippen LogP contribution in [0.2, 0.25) is 0 Å². The molecule has 0 unspecified atom stereocenters. The molecule has 0 saturated heterocycles. The van der Waals surface area contributed by atoms with Gasteiger partial charge in [0.05, 0.1) is 0 Å². The van der Waals surface area contributed by atoms with Crippen LogP contribution in [0.15, 0.2) is 24.3 Å². The highest BCUT2D eigenvalue weighted by molar-refractivity contribution is 5.92. The zero-order valence-corrected chi connectivity index (χ0v) is 12.1. The van der Waals surface area contributed by atoms with Crippen LogP contribution in [0, 0.1) is 5.92 Å². The Labute approximate surface area is 127 Å². The van der Waals surface area contributed by atoms with Crippen molar-refractivity contribution >= 4 is 17.6 Å². The Bertz CT molecular complexity index is 533. The fourth-order valence-corrected chi connectivity index (χ4v) is 2.55. The molecule has 1 aliphatic carbocycles. The molecule has 0 heterocycles. The van der Waals surface area contributed by atoms with Gasteiger partial charge in [0.1, 0.15) is 0 Å². The number of halogens is 2. The topological polar surface area (TPSA) is 66.4 Å². The maximum Gasteiger partial charge on any atom is 0.303 e. The second-order valence-corrected chi connectivity index (χ2v) is 5.71. The van der Waals surface area contributed by atoms with E-state index in [4.69, 9.17) is 5.11 Å². The lowest BCUT2D eigenvalue weighted by molar-refractivity contribution is -0.137. The summed E-state index contributed by atoms with van der Waals surface area (Å²) in [6.45, 7) is 0. The fraction of sp³-hybridized carbons (Fsp3) is 0.500. The lowest BCUT2D eigenvalue weighted by Crippen LogP contribution is -2.31. The standard InChI is InChI=1S/C16H19F2NO3/c17-16(18)9-7-12(8-10-16)15(22)19-13-4-1-11(2-5-13)3-6-14(20)21/h1-2,4-5,12H,3,6-10H2,(H,19,22)(H,20,21). The third-order valence-corrected chi connectivity index (χ3v) is 3.94. The SMILES string of the molecule is O=C(O)CCc1ccc(NC(=O)C2CCC(F)(F)CC2)cc1. The van der Waals surface area contributed by atoms with E-state index in [-0.39, 0.29) is 43.9 Å². The fourth-order valence-electron chi connectivity index (χ4n) is 2.55. The van der Waals surface area contributed by atoms with Crippen LogP contribution < -0.4 is 5.32 Å². The van der Waals surface area contributed by atoms with Gasteiger partial charge in [0.15, 0.2) is 0 Å². The minimum Gasteiger partial charge on any atom is -0.481 e. The molecule has 0 aliphatic heterocycles. The van der Waals surface area contributed by atoms with Gasteiger partial charge < -0.3 is 10.4 Å². The van der Waals surface area contributed by atoms with Crippen molar-refractivity contribution in [1.29, 1.82) is 0 Å². The lowest BCUT2D eigenvalue weighted by Gasteiger charge is -2.27. The van der Waals surface area contributed by atoms with E-state index in [1.165, 1.54) is 0 Å². The average Bonchev–Trinajstić information content (AvgIpc) is 2.46. The zero-order chi connectivity index (χ0) is 16.2. The Kier molecular flexibility index (Phi) is 5.11. The van der Waals surface area contributed by atoms with E-state index in [0.29, 0.717) is 12.1 Å². The van der Waals surface area contributed by atoms with Crippen LogP contribution in [0.1, 0.15) is 37.7 Å². The number of amides is 1. The molecule has 0 bridgehead atoms. The van der Waals surface area contributed by atoms with Crippen molar-refractivity contribution in [1.82, 2.24) is 0 Å². The lowest BCUT2D eigenvalue weighted by atomic mass is 9.86. The molecule has 4 nitrogen and oxygen atoms in total. The number of hydrogen-bond acceptors (Lipinski definition) is 2. The van der Waals surface area contributed by atoms with Gasteiger partial charge >= 0.3 is 5.97 Å². The summed E-state index contributed by atoms with van der Waals surface area (Å²) < 4.78 is 26.1. The van der Waals surface area contributed by atoms with E-state index >= 15 is 0 Å². The van der Waals surface area contributed by atoms with E-state index in [1.807, 2.05) is 0 Å². The minimum atomic E-state index is -2.64. The summed E-state index contributed by atoms with van der Waals surface area (Å²) >= 11 is 0. The quantitative estimate of drug-likeness (QED) is 0.875. The summed E-state index contributed by atoms with van der Waals surface area (Å²) in [5, 5.41) is 11.3. The zero-order valence-electron chi connectivity index (χ0n) is 12.1. The first-order valence-corrected chi connectivity index (χ1v) is 7.35. The Morgan fingerprint density at radius 3 is 2.32 bits per heavy atom. The first-order valence-electron chi connectivity index (χ1n) is 7.35. The minimum absolute atomic E-state index is 0.0575. The van der Waals surface area contributed by atoms with E-state index in [1.54, 1.807) is 24.3 Å². The molecule has 2 N–H and O–H groups in total. The molecule has 6 heteroatoms. The Balaban J connectivity index is 1.85. The largest absolute Gasteiger partial charge is 0.481 e. The number of rotatable bonds is 5. The summed E-state index contributed by atoms with van der Waals surface area (Å²) in [6.07, 6.45) is 0.423. The van der Waals surface area contributed by atoms with Crippen LogP contribution in [-0.2, 0) is 16.0 Å². The van der Waals surface area contributed by atoms with Crippen LogP contribution in [-0.4, -0.2) is 22.9 Å². The average molecular weight is 311 g/mol. The highest BCUT2D eigenvalue weighted by Crippen LogP contribution is 2.36. The molecule has 2 rings (SSSR count). The van der Waals surface area contributed by atoms with Crippen molar-refractivity contribution in [2.24, 2.45) is 5.92 Å². The van der Waals surface area contributed by atoms with E-state index in [2.05, 4.69) is 5.32 Å². The highest BCUT2D eigenvalue weighted by Gasteiger charge is 2.37. The number of carbonyl (C=O) groups excluding carboxylic acids is 1. The van der Waals surface area contributed by atoms with Crippen molar-refractivity contribution in [3.05, 3.63) is 29.8 Å². The maximum atomic E-state index is 13.1. The molecule has 1 amide bonds. The first-order chi connectivity index (χ1) is 10.4. The van der Waals surface area contributed by atoms with Gasteiger partial charge in [0, 0.05) is 30.9 Å². The number of anilines is 1. The molecule has 1 aromatic carbocycles. The van der Waals surface area contributed by atoms with Gasteiger partial charge in [-0.1, -0.05) is 12.1 Å². The van der Waals surface area contributed by atoms with Crippen LogP contribution >= 0.6 is 0 Å².